The summed E-state index contributed by atoms with van der Waals surface area (Å²) in [5.41, 5.74) is 0.505. The normalized spacial score (nSPS) is 18.0. The number of carbonyl (C=O) groups excluding carboxylic acids is 1. The van der Waals surface area contributed by atoms with E-state index in [0.29, 0.717) is 25.0 Å². The van der Waals surface area contributed by atoms with E-state index in [1.165, 1.54) is 0 Å². The van der Waals surface area contributed by atoms with Crippen molar-refractivity contribution in [2.75, 3.05) is 26.4 Å². The third-order valence-electron chi connectivity index (χ3n) is 5.01. The van der Waals surface area contributed by atoms with Gasteiger partial charge in [0.05, 0.1) is 6.61 Å². The predicted molar refractivity (Wildman–Crippen MR) is 120 cm³/mol. The van der Waals surface area contributed by atoms with E-state index in [4.69, 9.17) is 9.47 Å². The number of aliphatic hydroxyl groups is 3. The van der Waals surface area contributed by atoms with E-state index >= 15 is 0 Å². The number of hydrogen-bond acceptors (Lipinski definition) is 6. The van der Waals surface area contributed by atoms with Gasteiger partial charge < -0.3 is 24.8 Å². The molecule has 0 aliphatic rings. The van der Waals surface area contributed by atoms with E-state index < -0.39 is 24.1 Å². The Morgan fingerprint density at radius 1 is 0.800 bits per heavy atom. The van der Waals surface area contributed by atoms with Crippen LogP contribution in [-0.4, -0.2) is 65.8 Å². The first-order valence-corrected chi connectivity index (χ1v) is 11.3. The van der Waals surface area contributed by atoms with Gasteiger partial charge in [-0.2, -0.15) is 0 Å². The summed E-state index contributed by atoms with van der Waals surface area (Å²) in [7, 11) is 0. The van der Waals surface area contributed by atoms with E-state index in [0.717, 1.165) is 25.7 Å². The van der Waals surface area contributed by atoms with Crippen LogP contribution in [0.15, 0.2) is 0 Å². The maximum Gasteiger partial charge on any atom is 0.189 e. The van der Waals surface area contributed by atoms with Crippen LogP contribution in [0.5, 0.6) is 0 Å². The minimum Gasteiger partial charge on any atom is -0.388 e. The minimum absolute atomic E-state index is 0.126. The monoisotopic (exact) mass is 432 g/mol. The fourth-order valence-corrected chi connectivity index (χ4v) is 3.83. The molecule has 0 saturated carbocycles. The highest BCUT2D eigenvalue weighted by Gasteiger charge is 2.30. The summed E-state index contributed by atoms with van der Waals surface area (Å²) in [5, 5.41) is 30.0. The highest BCUT2D eigenvalue weighted by atomic mass is 16.5. The first kappa shape index (κ1) is 29.5. The molecule has 0 saturated heterocycles. The fourth-order valence-electron chi connectivity index (χ4n) is 3.83. The van der Waals surface area contributed by atoms with Crippen molar-refractivity contribution < 1.29 is 29.6 Å². The molecule has 30 heavy (non-hydrogen) atoms. The number of carbonyl (C=O) groups is 1. The van der Waals surface area contributed by atoms with Gasteiger partial charge in [-0.15, -0.1) is 0 Å². The van der Waals surface area contributed by atoms with Crippen molar-refractivity contribution in [1.29, 1.82) is 0 Å². The molecule has 5 atom stereocenters. The van der Waals surface area contributed by atoms with Crippen molar-refractivity contribution in [3.8, 4) is 0 Å². The molecule has 0 aromatic heterocycles. The number of Topliss-reactive ketones (excluding diaryl/α,β-unsaturated/α-hetero) is 1. The van der Waals surface area contributed by atoms with Crippen molar-refractivity contribution in [2.24, 2.45) is 22.7 Å². The van der Waals surface area contributed by atoms with Crippen LogP contribution in [0.2, 0.25) is 0 Å². The highest BCUT2D eigenvalue weighted by Crippen LogP contribution is 2.26. The van der Waals surface area contributed by atoms with Crippen LogP contribution in [0.1, 0.15) is 81.1 Å². The van der Waals surface area contributed by atoms with E-state index in [9.17, 15) is 20.1 Å². The van der Waals surface area contributed by atoms with Gasteiger partial charge in [-0.05, 0) is 48.3 Å². The van der Waals surface area contributed by atoms with Crippen LogP contribution >= 0.6 is 0 Å². The van der Waals surface area contributed by atoms with Gasteiger partial charge >= 0.3 is 0 Å². The summed E-state index contributed by atoms with van der Waals surface area (Å²) in [6.07, 6.45) is -0.788. The molecule has 0 aliphatic heterocycles. The van der Waals surface area contributed by atoms with E-state index in [-0.39, 0.29) is 24.0 Å². The Hall–Kier alpha value is -0.530. The Morgan fingerprint density at radius 2 is 1.23 bits per heavy atom. The number of ether oxygens (including phenoxy) is 2. The van der Waals surface area contributed by atoms with Gasteiger partial charge in [0.1, 0.15) is 24.9 Å². The Balaban J connectivity index is 4.08. The van der Waals surface area contributed by atoms with Gasteiger partial charge in [0.25, 0.3) is 0 Å². The average Bonchev–Trinajstić information content (AvgIpc) is 2.57. The summed E-state index contributed by atoms with van der Waals surface area (Å²) < 4.78 is 10.8. The lowest BCUT2D eigenvalue weighted by Crippen LogP contribution is -2.45. The fraction of sp³-hybridized carbons (Fsp3) is 0.958. The molecular weight excluding hydrogens is 384 g/mol. The zero-order chi connectivity index (χ0) is 23.5. The van der Waals surface area contributed by atoms with Gasteiger partial charge in [-0.3, -0.25) is 4.79 Å². The van der Waals surface area contributed by atoms with Crippen LogP contribution in [0, 0.1) is 22.7 Å². The molecule has 0 aromatic rings. The van der Waals surface area contributed by atoms with E-state index in [1.54, 1.807) is 0 Å². The molecule has 0 bridgehead atoms. The summed E-state index contributed by atoms with van der Waals surface area (Å²) >= 11 is 0. The van der Waals surface area contributed by atoms with Gasteiger partial charge in [0.2, 0.25) is 0 Å². The minimum atomic E-state index is -1.68. The lowest BCUT2D eigenvalue weighted by molar-refractivity contribution is -0.146. The van der Waals surface area contributed by atoms with Crippen molar-refractivity contribution in [1.82, 2.24) is 0 Å². The second kappa shape index (κ2) is 13.8. The molecule has 0 spiro atoms. The van der Waals surface area contributed by atoms with Gasteiger partial charge in [0.15, 0.2) is 5.78 Å². The second-order valence-corrected chi connectivity index (χ2v) is 11.4. The molecule has 0 aromatic carbocycles. The summed E-state index contributed by atoms with van der Waals surface area (Å²) in [6.45, 7) is 17.9. The average molecular weight is 433 g/mol. The molecular formula is C24H48O6. The molecule has 6 heteroatoms. The van der Waals surface area contributed by atoms with Crippen LogP contribution in [-0.2, 0) is 14.3 Å². The predicted octanol–water partition coefficient (Wildman–Crippen LogP) is 3.60. The number of aliphatic hydroxyl groups excluding tert-OH is 3. The topological polar surface area (TPSA) is 96.2 Å². The maximum absolute atomic E-state index is 12.0. The molecule has 0 amide bonds. The van der Waals surface area contributed by atoms with Gasteiger partial charge in [0, 0.05) is 13.2 Å². The van der Waals surface area contributed by atoms with Crippen LogP contribution in [0.25, 0.3) is 0 Å². The van der Waals surface area contributed by atoms with Crippen molar-refractivity contribution in [3.05, 3.63) is 0 Å². The Morgan fingerprint density at radius 3 is 1.67 bits per heavy atom. The smallest absolute Gasteiger partial charge is 0.189 e. The largest absolute Gasteiger partial charge is 0.388 e. The standard InChI is InChI=1S/C24H48O6/c1-17(13-23(3,4)5)9-11-29-15-19(25)21(27)22(28)20(26)16-30-12-10-18(2)14-24(6,7)8/h17-19,21-22,25,27-28H,9-16H2,1-8H3/t17?,18?,19-,21+,22+/m1/s1. The second-order valence-electron chi connectivity index (χ2n) is 11.4. The van der Waals surface area contributed by atoms with Crippen LogP contribution < -0.4 is 0 Å². The van der Waals surface area contributed by atoms with Crippen LogP contribution in [0.3, 0.4) is 0 Å². The Bertz CT molecular complexity index is 465. The first-order valence-electron chi connectivity index (χ1n) is 11.3. The molecule has 3 N–H and O–H groups in total. The third-order valence-corrected chi connectivity index (χ3v) is 5.01. The van der Waals surface area contributed by atoms with E-state index in [1.807, 2.05) is 0 Å². The quantitative estimate of drug-likeness (QED) is 0.342. The summed E-state index contributed by atoms with van der Waals surface area (Å²) in [5.74, 6) is 0.326. The first-order chi connectivity index (χ1) is 13.6. The lowest BCUT2D eigenvalue weighted by atomic mass is 9.84. The van der Waals surface area contributed by atoms with Crippen molar-refractivity contribution in [3.63, 3.8) is 0 Å². The number of ketones is 1. The van der Waals surface area contributed by atoms with Gasteiger partial charge in [-0.25, -0.2) is 0 Å². The number of rotatable bonds is 15. The molecule has 0 aliphatic carbocycles. The number of hydrogen-bond donors (Lipinski definition) is 3. The summed E-state index contributed by atoms with van der Waals surface area (Å²) in [6, 6.07) is 0. The molecule has 0 fully saturated rings. The molecule has 2 unspecified atom stereocenters. The van der Waals surface area contributed by atoms with Crippen molar-refractivity contribution >= 4 is 5.78 Å². The molecule has 6 nitrogen and oxygen atoms in total. The molecule has 180 valence electrons. The Labute approximate surface area is 184 Å². The van der Waals surface area contributed by atoms with Crippen molar-refractivity contribution in [2.45, 2.75) is 99.4 Å². The van der Waals surface area contributed by atoms with E-state index in [2.05, 4.69) is 55.4 Å². The zero-order valence-electron chi connectivity index (χ0n) is 20.6. The SMILES string of the molecule is CC(CCOCC(=O)[C@H](O)[C@@H](O)[C@H](O)COCCC(C)CC(C)(C)C)CC(C)(C)C. The maximum atomic E-state index is 12.0. The molecule has 0 rings (SSSR count). The van der Waals surface area contributed by atoms with Crippen LogP contribution in [0.4, 0.5) is 0 Å². The lowest BCUT2D eigenvalue weighted by Gasteiger charge is -2.24. The summed E-state index contributed by atoms with van der Waals surface area (Å²) in [4.78, 5) is 12.0. The van der Waals surface area contributed by atoms with Gasteiger partial charge in [-0.1, -0.05) is 55.4 Å². The Kier molecular flexibility index (Phi) is 13.5. The molecule has 0 radical (unpaired) electrons. The zero-order valence-corrected chi connectivity index (χ0v) is 20.6. The molecule has 0 heterocycles. The third kappa shape index (κ3) is 15.3. The highest BCUT2D eigenvalue weighted by molar-refractivity contribution is 5.84.